The molecule has 0 spiro atoms. The molecule has 51 heavy (non-hydrogen) atoms. The van der Waals surface area contributed by atoms with E-state index in [0.29, 0.717) is 26.2 Å². The molecular formula is C44H88N2O5. The number of ether oxygens (including phenoxy) is 3. The van der Waals surface area contributed by atoms with Crippen molar-refractivity contribution >= 4 is 11.9 Å². The van der Waals surface area contributed by atoms with Crippen LogP contribution in [-0.4, -0.2) is 64.5 Å². The number of carbonyl (C=O) groups excluding carboxylic acids is 2. The number of esters is 1. The zero-order valence-electron chi connectivity index (χ0n) is 34.5. The van der Waals surface area contributed by atoms with Crippen molar-refractivity contribution in [2.45, 2.75) is 225 Å². The second kappa shape index (κ2) is 43.2. The smallest absolute Gasteiger partial charge is 0.332 e. The molecule has 7 nitrogen and oxygen atoms in total. The quantitative estimate of drug-likeness (QED) is 0.0481. The van der Waals surface area contributed by atoms with E-state index < -0.39 is 5.97 Å². The van der Waals surface area contributed by atoms with Crippen molar-refractivity contribution in [3.63, 3.8) is 0 Å². The Morgan fingerprint density at radius 2 is 0.902 bits per heavy atom. The van der Waals surface area contributed by atoms with Crippen molar-refractivity contribution in [2.75, 3.05) is 46.6 Å². The summed E-state index contributed by atoms with van der Waals surface area (Å²) < 4.78 is 15.7. The molecule has 0 bridgehead atoms. The van der Waals surface area contributed by atoms with Gasteiger partial charge in [0.2, 0.25) is 5.91 Å². The average molecular weight is 725 g/mol. The molecule has 0 aliphatic heterocycles. The van der Waals surface area contributed by atoms with Gasteiger partial charge in [0.1, 0.15) is 13.2 Å². The number of methoxy groups -OCH3 is 1. The fraction of sp³-hybridized carbons (Fsp3) is 0.955. The topological polar surface area (TPSA) is 85.9 Å². The van der Waals surface area contributed by atoms with Gasteiger partial charge < -0.3 is 24.8 Å². The summed E-state index contributed by atoms with van der Waals surface area (Å²) in [7, 11) is 1.60. The van der Waals surface area contributed by atoms with Gasteiger partial charge in [-0.05, 0) is 19.4 Å². The summed E-state index contributed by atoms with van der Waals surface area (Å²) >= 11 is 0. The Hall–Kier alpha value is -1.18. The lowest BCUT2D eigenvalue weighted by atomic mass is 10.0. The van der Waals surface area contributed by atoms with Gasteiger partial charge in [0.15, 0.2) is 0 Å². The predicted octanol–water partition coefficient (Wildman–Crippen LogP) is 11.8. The van der Waals surface area contributed by atoms with E-state index in [4.69, 9.17) is 14.2 Å². The molecule has 0 saturated carbocycles. The summed E-state index contributed by atoms with van der Waals surface area (Å²) in [6, 6.07) is -0.238. The van der Waals surface area contributed by atoms with Crippen LogP contribution in [0.5, 0.6) is 0 Å². The Balaban J connectivity index is 3.98. The van der Waals surface area contributed by atoms with Gasteiger partial charge in [0, 0.05) is 20.1 Å². The van der Waals surface area contributed by atoms with E-state index in [-0.39, 0.29) is 25.2 Å². The maximum absolute atomic E-state index is 12.7. The number of hydrogen-bond donors (Lipinski definition) is 2. The van der Waals surface area contributed by atoms with Crippen LogP contribution in [0.15, 0.2) is 0 Å². The second-order valence-corrected chi connectivity index (χ2v) is 15.2. The van der Waals surface area contributed by atoms with Crippen LogP contribution in [-0.2, 0) is 23.8 Å². The van der Waals surface area contributed by atoms with Crippen molar-refractivity contribution in [1.29, 1.82) is 0 Å². The third-order valence-electron chi connectivity index (χ3n) is 10.1. The van der Waals surface area contributed by atoms with E-state index in [1.54, 1.807) is 7.11 Å². The van der Waals surface area contributed by atoms with Crippen LogP contribution in [0.3, 0.4) is 0 Å². The predicted molar refractivity (Wildman–Crippen MR) is 218 cm³/mol. The fourth-order valence-corrected chi connectivity index (χ4v) is 6.72. The third kappa shape index (κ3) is 41.4. The average Bonchev–Trinajstić information content (AvgIpc) is 3.13. The van der Waals surface area contributed by atoms with Crippen molar-refractivity contribution < 1.29 is 23.8 Å². The molecule has 7 heteroatoms. The number of rotatable bonds is 43. The molecule has 0 aromatic rings. The Morgan fingerprint density at radius 1 is 0.510 bits per heavy atom. The summed E-state index contributed by atoms with van der Waals surface area (Å²) in [5.41, 5.74) is 0. The largest absolute Gasteiger partial charge is 0.462 e. The molecule has 0 aliphatic rings. The van der Waals surface area contributed by atoms with Gasteiger partial charge in [-0.3, -0.25) is 4.79 Å². The Kier molecular flexibility index (Phi) is 42.2. The van der Waals surface area contributed by atoms with E-state index in [0.717, 1.165) is 25.8 Å². The Labute approximate surface area is 317 Å². The van der Waals surface area contributed by atoms with Gasteiger partial charge in [-0.2, -0.15) is 0 Å². The molecule has 0 fully saturated rings. The number of unbranched alkanes of at least 4 members (excludes halogenated alkanes) is 29. The third-order valence-corrected chi connectivity index (χ3v) is 10.1. The van der Waals surface area contributed by atoms with Gasteiger partial charge in [-0.1, -0.05) is 200 Å². The van der Waals surface area contributed by atoms with Gasteiger partial charge in [-0.25, -0.2) is 4.79 Å². The van der Waals surface area contributed by atoms with Crippen LogP contribution in [0.25, 0.3) is 0 Å². The minimum absolute atomic E-state index is 0.0475. The standard InChI is InChI=1S/C44H88N2O5/c1-4-6-8-10-12-14-16-18-20-22-24-26-28-30-32-34-36-45-39-42(40-51-44(48)41-50-38-37-49-3)46-43(47)35-33-31-29-27-25-23-21-19-17-15-13-11-9-7-5-2/h42,45H,4-41H2,1-3H3,(H,46,47). The summed E-state index contributed by atoms with van der Waals surface area (Å²) in [5, 5.41) is 6.61. The second-order valence-electron chi connectivity index (χ2n) is 15.2. The summed E-state index contributed by atoms with van der Waals surface area (Å²) in [4.78, 5) is 24.9. The lowest BCUT2D eigenvalue weighted by Gasteiger charge is -2.19. The molecule has 0 radical (unpaired) electrons. The molecule has 304 valence electrons. The SMILES string of the molecule is CCCCCCCCCCCCCCCCCCNCC(COC(=O)COCCOC)NC(=O)CCCCCCCCCCCCCCCCC. The lowest BCUT2D eigenvalue weighted by Crippen LogP contribution is -2.45. The first-order chi connectivity index (χ1) is 25.1. The normalized spacial score (nSPS) is 12.0. The van der Waals surface area contributed by atoms with Crippen molar-refractivity contribution in [3.05, 3.63) is 0 Å². The highest BCUT2D eigenvalue weighted by Gasteiger charge is 2.15. The van der Waals surface area contributed by atoms with Crippen LogP contribution in [0, 0.1) is 0 Å². The monoisotopic (exact) mass is 725 g/mol. The van der Waals surface area contributed by atoms with Crippen LogP contribution in [0.1, 0.15) is 219 Å². The van der Waals surface area contributed by atoms with Crippen LogP contribution >= 0.6 is 0 Å². The first kappa shape index (κ1) is 49.8. The molecule has 0 heterocycles. The summed E-state index contributed by atoms with van der Waals surface area (Å²) in [6.07, 6.45) is 42.1. The maximum atomic E-state index is 12.7. The molecule has 0 rings (SSSR count). The van der Waals surface area contributed by atoms with Crippen LogP contribution in [0.4, 0.5) is 0 Å². The fourth-order valence-electron chi connectivity index (χ4n) is 6.72. The van der Waals surface area contributed by atoms with Gasteiger partial charge in [0.05, 0.1) is 19.3 Å². The van der Waals surface area contributed by atoms with E-state index >= 15 is 0 Å². The minimum atomic E-state index is -0.412. The highest BCUT2D eigenvalue weighted by atomic mass is 16.6. The first-order valence-corrected chi connectivity index (χ1v) is 22.4. The Bertz CT molecular complexity index is 707. The van der Waals surface area contributed by atoms with Crippen molar-refractivity contribution in [1.82, 2.24) is 10.6 Å². The molecule has 2 N–H and O–H groups in total. The van der Waals surface area contributed by atoms with Gasteiger partial charge >= 0.3 is 5.97 Å². The molecule has 0 aliphatic carbocycles. The molecule has 1 amide bonds. The highest BCUT2D eigenvalue weighted by molar-refractivity contribution is 5.76. The highest BCUT2D eigenvalue weighted by Crippen LogP contribution is 2.15. The molecule has 1 unspecified atom stereocenters. The molecule has 0 aromatic heterocycles. The minimum Gasteiger partial charge on any atom is -0.462 e. The summed E-state index contributed by atoms with van der Waals surface area (Å²) in [5.74, 6) is -0.364. The maximum Gasteiger partial charge on any atom is 0.332 e. The van der Waals surface area contributed by atoms with Crippen molar-refractivity contribution in [3.8, 4) is 0 Å². The number of hydrogen-bond acceptors (Lipinski definition) is 6. The van der Waals surface area contributed by atoms with Crippen LogP contribution in [0.2, 0.25) is 0 Å². The first-order valence-electron chi connectivity index (χ1n) is 22.4. The molecule has 1 atom stereocenters. The molecule has 0 saturated heterocycles. The van der Waals surface area contributed by atoms with E-state index in [1.165, 1.54) is 180 Å². The van der Waals surface area contributed by atoms with E-state index in [2.05, 4.69) is 24.5 Å². The van der Waals surface area contributed by atoms with E-state index in [9.17, 15) is 9.59 Å². The number of carbonyl (C=O) groups is 2. The summed E-state index contributed by atoms with van der Waals surface area (Å²) in [6.45, 7) is 6.92. The number of amides is 1. The van der Waals surface area contributed by atoms with Crippen molar-refractivity contribution in [2.24, 2.45) is 0 Å². The molecule has 0 aromatic carbocycles. The van der Waals surface area contributed by atoms with Gasteiger partial charge in [0.25, 0.3) is 0 Å². The van der Waals surface area contributed by atoms with Crippen LogP contribution < -0.4 is 10.6 Å². The number of nitrogens with one attached hydrogen (secondary N) is 2. The van der Waals surface area contributed by atoms with E-state index in [1.807, 2.05) is 0 Å². The zero-order valence-corrected chi connectivity index (χ0v) is 34.5. The lowest BCUT2D eigenvalue weighted by molar-refractivity contribution is -0.150. The molecular weight excluding hydrogens is 636 g/mol. The van der Waals surface area contributed by atoms with Gasteiger partial charge in [-0.15, -0.1) is 0 Å². The Morgan fingerprint density at radius 3 is 1.31 bits per heavy atom. The zero-order chi connectivity index (χ0) is 37.1.